The molecule has 5 rings (SSSR count). The number of piperidine rings is 1. The van der Waals surface area contributed by atoms with Gasteiger partial charge in [-0.3, -0.25) is 9.69 Å². The highest BCUT2D eigenvalue weighted by molar-refractivity contribution is 5.92. The smallest absolute Gasteiger partial charge is 0.287 e. The molecule has 0 radical (unpaired) electrons. The molecule has 0 atom stereocenters. The zero-order valence-corrected chi connectivity index (χ0v) is 17.7. The summed E-state index contributed by atoms with van der Waals surface area (Å²) in [4.78, 5) is 14.8. The van der Waals surface area contributed by atoms with Gasteiger partial charge in [-0.2, -0.15) is 5.10 Å². The van der Waals surface area contributed by atoms with Crippen LogP contribution in [0.15, 0.2) is 41.0 Å². The van der Waals surface area contributed by atoms with Crippen LogP contribution in [0, 0.1) is 12.7 Å². The van der Waals surface area contributed by atoms with E-state index in [1.54, 1.807) is 24.5 Å². The number of nitrogens with one attached hydrogen (secondary N) is 1. The van der Waals surface area contributed by atoms with Gasteiger partial charge in [0.05, 0.1) is 17.6 Å². The van der Waals surface area contributed by atoms with Crippen LogP contribution in [0.3, 0.4) is 0 Å². The highest BCUT2D eigenvalue weighted by Gasteiger charge is 2.27. The summed E-state index contributed by atoms with van der Waals surface area (Å²) in [7, 11) is 0. The fourth-order valence-electron chi connectivity index (χ4n) is 4.74. The Morgan fingerprint density at radius 3 is 2.68 bits per heavy atom. The maximum Gasteiger partial charge on any atom is 0.287 e. The molecule has 2 aliphatic rings. The summed E-state index contributed by atoms with van der Waals surface area (Å²) in [5.41, 5.74) is 5.53. The average Bonchev–Trinajstić information content (AvgIpc) is 3.48. The molecule has 1 aliphatic carbocycles. The number of amides is 1. The Morgan fingerprint density at radius 1 is 1.19 bits per heavy atom. The SMILES string of the molecule is Cc1ccoc1C(=O)NC1CCN(Cc2nn(-c3ccc(F)cc3)c3c2CCC3)CC1. The predicted octanol–water partition coefficient (Wildman–Crippen LogP) is 3.80. The number of aryl methyl sites for hydroxylation is 1. The van der Waals surface area contributed by atoms with E-state index in [9.17, 15) is 9.18 Å². The number of hydrogen-bond donors (Lipinski definition) is 1. The number of fused-ring (bicyclic) bond motifs is 1. The Balaban J connectivity index is 1.23. The van der Waals surface area contributed by atoms with Crippen LogP contribution in [-0.2, 0) is 19.4 Å². The van der Waals surface area contributed by atoms with Crippen molar-refractivity contribution in [3.8, 4) is 5.69 Å². The van der Waals surface area contributed by atoms with Crippen LogP contribution >= 0.6 is 0 Å². The number of carbonyl (C=O) groups is 1. The molecule has 31 heavy (non-hydrogen) atoms. The summed E-state index contributed by atoms with van der Waals surface area (Å²) in [6, 6.07) is 8.53. The summed E-state index contributed by atoms with van der Waals surface area (Å²) in [5.74, 6) is 0.0473. The van der Waals surface area contributed by atoms with E-state index < -0.39 is 0 Å². The molecule has 0 bridgehead atoms. The number of carbonyl (C=O) groups excluding carboxylic acids is 1. The van der Waals surface area contributed by atoms with Gasteiger partial charge in [-0.05, 0) is 74.9 Å². The first-order valence-electron chi connectivity index (χ1n) is 11.0. The Morgan fingerprint density at radius 2 is 1.97 bits per heavy atom. The number of hydrogen-bond acceptors (Lipinski definition) is 4. The third-order valence-corrected chi connectivity index (χ3v) is 6.45. The molecular formula is C24H27FN4O2. The van der Waals surface area contributed by atoms with Gasteiger partial charge in [0.1, 0.15) is 5.82 Å². The highest BCUT2D eigenvalue weighted by Crippen LogP contribution is 2.29. The van der Waals surface area contributed by atoms with Gasteiger partial charge in [-0.15, -0.1) is 0 Å². The molecule has 0 saturated carbocycles. The maximum atomic E-state index is 13.3. The predicted molar refractivity (Wildman–Crippen MR) is 115 cm³/mol. The van der Waals surface area contributed by atoms with Crippen molar-refractivity contribution in [2.24, 2.45) is 0 Å². The highest BCUT2D eigenvalue weighted by atomic mass is 19.1. The van der Waals surface area contributed by atoms with Crippen LogP contribution in [0.2, 0.25) is 0 Å². The van der Waals surface area contributed by atoms with Crippen LogP contribution in [0.1, 0.15) is 52.3 Å². The van der Waals surface area contributed by atoms with Crippen molar-refractivity contribution in [1.82, 2.24) is 20.0 Å². The Labute approximate surface area is 181 Å². The quantitative estimate of drug-likeness (QED) is 0.680. The first-order chi connectivity index (χ1) is 15.1. The van der Waals surface area contributed by atoms with Gasteiger partial charge in [0.2, 0.25) is 0 Å². The number of benzene rings is 1. The van der Waals surface area contributed by atoms with E-state index in [0.29, 0.717) is 5.76 Å². The van der Waals surface area contributed by atoms with Gasteiger partial charge in [0.25, 0.3) is 5.91 Å². The van der Waals surface area contributed by atoms with Crippen molar-refractivity contribution in [2.75, 3.05) is 13.1 Å². The number of aromatic nitrogens is 2. The molecule has 3 aromatic rings. The van der Waals surface area contributed by atoms with E-state index in [-0.39, 0.29) is 17.8 Å². The van der Waals surface area contributed by atoms with Crippen molar-refractivity contribution < 1.29 is 13.6 Å². The summed E-state index contributed by atoms with van der Waals surface area (Å²) < 4.78 is 20.6. The minimum Gasteiger partial charge on any atom is -0.459 e. The van der Waals surface area contributed by atoms with Crippen LogP contribution < -0.4 is 5.32 Å². The third kappa shape index (κ3) is 4.02. The minimum atomic E-state index is -0.232. The van der Waals surface area contributed by atoms with Crippen LogP contribution in [0.25, 0.3) is 5.69 Å². The molecule has 1 aromatic carbocycles. The number of nitrogens with zero attached hydrogens (tertiary/aromatic N) is 3. The third-order valence-electron chi connectivity index (χ3n) is 6.45. The van der Waals surface area contributed by atoms with Crippen molar-refractivity contribution in [3.63, 3.8) is 0 Å². The second-order valence-corrected chi connectivity index (χ2v) is 8.57. The second-order valence-electron chi connectivity index (χ2n) is 8.57. The Kier molecular flexibility index (Phi) is 5.36. The standard InChI is InChI=1S/C24H27FN4O2/c1-16-11-14-31-23(16)24(30)26-18-9-12-28(13-10-18)15-21-20-3-2-4-22(20)29(27-21)19-7-5-17(25)6-8-19/h5-8,11,14,18H,2-4,9-10,12-13,15H2,1H3,(H,26,30). The minimum absolute atomic E-state index is 0.128. The zero-order valence-electron chi connectivity index (χ0n) is 17.7. The van der Waals surface area contributed by atoms with Gasteiger partial charge in [0, 0.05) is 36.9 Å². The molecule has 1 amide bonds. The summed E-state index contributed by atoms with van der Waals surface area (Å²) in [5, 5.41) is 8.02. The van der Waals surface area contributed by atoms with Crippen molar-refractivity contribution in [1.29, 1.82) is 0 Å². The van der Waals surface area contributed by atoms with Crippen molar-refractivity contribution in [3.05, 3.63) is 70.7 Å². The second kappa shape index (κ2) is 8.30. The molecule has 3 heterocycles. The fourth-order valence-corrected chi connectivity index (χ4v) is 4.74. The van der Waals surface area contributed by atoms with E-state index in [2.05, 4.69) is 10.2 Å². The molecule has 1 fully saturated rings. The average molecular weight is 423 g/mol. The Hall–Kier alpha value is -2.93. The fraction of sp³-hybridized carbons (Fsp3) is 0.417. The monoisotopic (exact) mass is 422 g/mol. The van der Waals surface area contributed by atoms with E-state index in [4.69, 9.17) is 9.52 Å². The summed E-state index contributed by atoms with van der Waals surface area (Å²) >= 11 is 0. The lowest BCUT2D eigenvalue weighted by Crippen LogP contribution is -2.44. The summed E-state index contributed by atoms with van der Waals surface area (Å²) in [6.45, 7) is 4.53. The lowest BCUT2D eigenvalue weighted by Gasteiger charge is -2.31. The van der Waals surface area contributed by atoms with Crippen LogP contribution in [-0.4, -0.2) is 39.7 Å². The molecule has 2 aromatic heterocycles. The molecular weight excluding hydrogens is 395 g/mol. The zero-order chi connectivity index (χ0) is 21.4. The lowest BCUT2D eigenvalue weighted by atomic mass is 10.0. The van der Waals surface area contributed by atoms with E-state index in [1.807, 2.05) is 11.6 Å². The topological polar surface area (TPSA) is 63.3 Å². The van der Waals surface area contributed by atoms with Gasteiger partial charge in [-0.25, -0.2) is 9.07 Å². The molecule has 0 unspecified atom stereocenters. The number of furan rings is 1. The van der Waals surface area contributed by atoms with Crippen LogP contribution in [0.5, 0.6) is 0 Å². The molecule has 7 heteroatoms. The molecule has 1 aliphatic heterocycles. The normalized spacial score (nSPS) is 17.1. The molecule has 1 N–H and O–H groups in total. The van der Waals surface area contributed by atoms with Crippen molar-refractivity contribution in [2.45, 2.75) is 51.6 Å². The first-order valence-corrected chi connectivity index (χ1v) is 11.0. The Bertz CT molecular complexity index is 1080. The molecule has 0 spiro atoms. The van der Waals surface area contributed by atoms with Crippen molar-refractivity contribution >= 4 is 5.91 Å². The molecule has 162 valence electrons. The largest absolute Gasteiger partial charge is 0.459 e. The van der Waals surface area contributed by atoms with Gasteiger partial charge in [-0.1, -0.05) is 0 Å². The number of likely N-dealkylation sites (tertiary alicyclic amines) is 1. The lowest BCUT2D eigenvalue weighted by molar-refractivity contribution is 0.0879. The van der Waals surface area contributed by atoms with E-state index in [1.165, 1.54) is 23.4 Å². The number of rotatable bonds is 5. The van der Waals surface area contributed by atoms with Gasteiger partial charge < -0.3 is 9.73 Å². The van der Waals surface area contributed by atoms with Gasteiger partial charge >= 0.3 is 0 Å². The van der Waals surface area contributed by atoms with Gasteiger partial charge in [0.15, 0.2) is 5.76 Å². The van der Waals surface area contributed by atoms with Crippen LogP contribution in [0.4, 0.5) is 4.39 Å². The molecule has 1 saturated heterocycles. The molecule has 6 nitrogen and oxygen atoms in total. The van der Waals surface area contributed by atoms with E-state index in [0.717, 1.165) is 68.7 Å². The number of halogens is 1. The maximum absolute atomic E-state index is 13.3. The summed E-state index contributed by atoms with van der Waals surface area (Å²) in [6.07, 6.45) is 6.58. The first kappa shape index (κ1) is 20.0. The van der Waals surface area contributed by atoms with E-state index >= 15 is 0 Å².